The number of pyridine rings is 2. The summed E-state index contributed by atoms with van der Waals surface area (Å²) in [6, 6.07) is 113. The van der Waals surface area contributed by atoms with Crippen LogP contribution in [0, 0.1) is 0 Å². The molecule has 0 aliphatic carbocycles. The Kier molecular flexibility index (Phi) is 11.9. The number of rotatable bonds is 9. The van der Waals surface area contributed by atoms with E-state index in [9.17, 15) is 0 Å². The van der Waals surface area contributed by atoms with Gasteiger partial charge in [0.2, 0.25) is 0 Å². The van der Waals surface area contributed by atoms with Gasteiger partial charge < -0.3 is 0 Å². The van der Waals surface area contributed by atoms with Crippen molar-refractivity contribution < 1.29 is 0 Å². The number of nitrogens with zero attached hydrogens (tertiary/aromatic N) is 2. The van der Waals surface area contributed by atoms with Crippen LogP contribution in [-0.4, -0.2) is 9.97 Å². The monoisotopic (exact) mass is 1060 g/mol. The Balaban J connectivity index is 0.774. The summed E-state index contributed by atoms with van der Waals surface area (Å²) in [5.41, 5.74) is 20.3. The summed E-state index contributed by atoms with van der Waals surface area (Å²) in [5, 5.41) is 14.8. The molecule has 0 radical (unpaired) electrons. The summed E-state index contributed by atoms with van der Waals surface area (Å²) in [4.78, 5) is 10.2. The van der Waals surface area contributed by atoms with Gasteiger partial charge in [0.1, 0.15) is 0 Å². The van der Waals surface area contributed by atoms with Crippen molar-refractivity contribution in [3.05, 3.63) is 316 Å². The molecule has 0 aliphatic rings. The number of hydrogen-bond donors (Lipinski definition) is 0. The van der Waals surface area contributed by atoms with E-state index in [1.54, 1.807) is 0 Å². The van der Waals surface area contributed by atoms with Crippen molar-refractivity contribution in [1.82, 2.24) is 9.97 Å². The van der Waals surface area contributed by atoms with Crippen LogP contribution in [0.2, 0.25) is 0 Å². The Morgan fingerprint density at radius 1 is 0.179 bits per heavy atom. The molecule has 0 saturated heterocycles. The average Bonchev–Trinajstić information content (AvgIpc) is 2.20. The van der Waals surface area contributed by atoms with Crippen molar-refractivity contribution in [3.63, 3.8) is 0 Å². The SMILES string of the molecule is c1ccc(-c2ccc(-c3ccc(-c4c5ccccc5c(-c5ccc(-c6cccc7ccccc67)cc5)c5ccccc45)cc3)c(-c3ccc(-c4c5ccccc5c(-c5ccc(-c6cccc7ccccc67)cc5)c5ccccc45)cc3)n2)nc1. The lowest BCUT2D eigenvalue weighted by molar-refractivity contribution is 1.25. The Morgan fingerprint density at radius 3 is 0.833 bits per heavy atom. The van der Waals surface area contributed by atoms with E-state index < -0.39 is 0 Å². The van der Waals surface area contributed by atoms with Crippen molar-refractivity contribution in [2.24, 2.45) is 0 Å². The first-order valence-electron chi connectivity index (χ1n) is 28.9. The van der Waals surface area contributed by atoms with Gasteiger partial charge in [-0.2, -0.15) is 0 Å². The van der Waals surface area contributed by atoms with E-state index in [1.165, 1.54) is 120 Å². The highest BCUT2D eigenvalue weighted by molar-refractivity contribution is 6.23. The van der Waals surface area contributed by atoms with Gasteiger partial charge in [0.05, 0.1) is 17.1 Å². The molecule has 0 spiro atoms. The molecule has 0 fully saturated rings. The quantitative estimate of drug-likeness (QED) is 0.135. The Bertz CT molecular complexity index is 5070. The van der Waals surface area contributed by atoms with Gasteiger partial charge in [-0.15, -0.1) is 0 Å². The van der Waals surface area contributed by atoms with Gasteiger partial charge in [0.25, 0.3) is 0 Å². The molecule has 16 rings (SSSR count). The van der Waals surface area contributed by atoms with Gasteiger partial charge in [-0.1, -0.05) is 285 Å². The summed E-state index contributed by atoms with van der Waals surface area (Å²) in [7, 11) is 0. The third kappa shape index (κ3) is 8.34. The van der Waals surface area contributed by atoms with Crippen LogP contribution in [0.5, 0.6) is 0 Å². The lowest BCUT2D eigenvalue weighted by atomic mass is 9.85. The molecule has 2 aromatic heterocycles. The second-order valence-electron chi connectivity index (χ2n) is 21.9. The van der Waals surface area contributed by atoms with Crippen LogP contribution in [0.15, 0.2) is 316 Å². The van der Waals surface area contributed by atoms with E-state index in [4.69, 9.17) is 9.97 Å². The summed E-state index contributed by atoms with van der Waals surface area (Å²) in [5.74, 6) is 0. The van der Waals surface area contributed by atoms with Crippen molar-refractivity contribution >= 4 is 64.6 Å². The summed E-state index contributed by atoms with van der Waals surface area (Å²) in [6.45, 7) is 0. The largest absolute Gasteiger partial charge is 0.255 e. The first kappa shape index (κ1) is 48.8. The molecule has 0 atom stereocenters. The molecular formula is C82H52N2. The molecule has 2 nitrogen and oxygen atoms in total. The molecule has 0 bridgehead atoms. The minimum atomic E-state index is 0.828. The Hall–Kier alpha value is -11.1. The van der Waals surface area contributed by atoms with Crippen molar-refractivity contribution in [1.29, 1.82) is 0 Å². The number of hydrogen-bond acceptors (Lipinski definition) is 2. The van der Waals surface area contributed by atoms with E-state index in [0.29, 0.717) is 0 Å². The van der Waals surface area contributed by atoms with Gasteiger partial charge in [-0.3, -0.25) is 4.98 Å². The number of aromatic nitrogens is 2. The maximum absolute atomic E-state index is 5.45. The predicted molar refractivity (Wildman–Crippen MR) is 356 cm³/mol. The van der Waals surface area contributed by atoms with Crippen LogP contribution in [-0.2, 0) is 0 Å². The van der Waals surface area contributed by atoms with Gasteiger partial charge in [0.15, 0.2) is 0 Å². The number of fused-ring (bicyclic) bond motifs is 6. The standard InChI is InChI=1S/C82H52N2/c1-3-21-63-53(17-1)19-15-31-65(63)55-34-40-58(41-35-55)78-68-23-5-7-25-70(68)80(71-26-8-6-24-69(71)78)60-44-38-57(39-45-60)67-50-51-77(76-33-13-14-52-83-76)84-82(67)62-48-46-61(47-49-62)81-74-29-11-9-27-72(74)79(73-28-10-12-30-75(73)81)59-42-36-56(37-43-59)66-32-16-20-54-18-2-4-22-64(54)66/h1-52H. The second-order valence-corrected chi connectivity index (χ2v) is 21.9. The fourth-order valence-corrected chi connectivity index (χ4v) is 13.3. The molecule has 2 heteroatoms. The minimum absolute atomic E-state index is 0.828. The molecule has 84 heavy (non-hydrogen) atoms. The summed E-state index contributed by atoms with van der Waals surface area (Å²) in [6.07, 6.45) is 1.84. The molecule has 0 saturated carbocycles. The van der Waals surface area contributed by atoms with Gasteiger partial charge in [0, 0.05) is 17.3 Å². The van der Waals surface area contributed by atoms with Gasteiger partial charge in [-0.25, -0.2) is 4.98 Å². The normalized spacial score (nSPS) is 11.6. The van der Waals surface area contributed by atoms with Crippen molar-refractivity contribution in [2.75, 3.05) is 0 Å². The Labute approximate surface area is 487 Å². The molecule has 0 aliphatic heterocycles. The lowest BCUT2D eigenvalue weighted by Crippen LogP contribution is -1.95. The van der Waals surface area contributed by atoms with Gasteiger partial charge in [-0.05, 0) is 161 Å². The third-order valence-corrected chi connectivity index (χ3v) is 17.2. The van der Waals surface area contributed by atoms with E-state index in [1.807, 2.05) is 24.4 Å². The second kappa shape index (κ2) is 20.5. The maximum atomic E-state index is 5.45. The highest BCUT2D eigenvalue weighted by Gasteiger charge is 2.21. The lowest BCUT2D eigenvalue weighted by Gasteiger charge is -2.19. The van der Waals surface area contributed by atoms with E-state index in [-0.39, 0.29) is 0 Å². The smallest absolute Gasteiger partial charge is 0.0894 e. The zero-order valence-electron chi connectivity index (χ0n) is 45.9. The van der Waals surface area contributed by atoms with E-state index in [2.05, 4.69) is 291 Å². The minimum Gasteiger partial charge on any atom is -0.255 e. The first-order valence-corrected chi connectivity index (χ1v) is 28.9. The van der Waals surface area contributed by atoms with Crippen LogP contribution >= 0.6 is 0 Å². The molecule has 2 heterocycles. The van der Waals surface area contributed by atoms with Gasteiger partial charge >= 0.3 is 0 Å². The van der Waals surface area contributed by atoms with Crippen LogP contribution in [0.4, 0.5) is 0 Å². The topological polar surface area (TPSA) is 25.8 Å². The molecule has 0 amide bonds. The fraction of sp³-hybridized carbons (Fsp3) is 0. The first-order chi connectivity index (χ1) is 41.7. The summed E-state index contributed by atoms with van der Waals surface area (Å²) >= 11 is 0. The molecule has 390 valence electrons. The zero-order valence-corrected chi connectivity index (χ0v) is 45.9. The highest BCUT2D eigenvalue weighted by Crippen LogP contribution is 2.47. The molecular weight excluding hydrogens is 1010 g/mol. The van der Waals surface area contributed by atoms with Crippen LogP contribution in [0.1, 0.15) is 0 Å². The van der Waals surface area contributed by atoms with Crippen LogP contribution < -0.4 is 0 Å². The average molecular weight is 1070 g/mol. The molecule has 0 N–H and O–H groups in total. The molecule has 0 unspecified atom stereocenters. The van der Waals surface area contributed by atoms with E-state index >= 15 is 0 Å². The number of benzene rings is 14. The maximum Gasteiger partial charge on any atom is 0.0894 e. The van der Waals surface area contributed by atoms with E-state index in [0.717, 1.165) is 44.9 Å². The van der Waals surface area contributed by atoms with Crippen molar-refractivity contribution in [2.45, 2.75) is 0 Å². The fourth-order valence-electron chi connectivity index (χ4n) is 13.3. The zero-order chi connectivity index (χ0) is 55.5. The Morgan fingerprint density at radius 2 is 0.476 bits per heavy atom. The summed E-state index contributed by atoms with van der Waals surface area (Å²) < 4.78 is 0. The molecule has 14 aromatic carbocycles. The third-order valence-electron chi connectivity index (χ3n) is 17.2. The van der Waals surface area contributed by atoms with Crippen molar-refractivity contribution in [3.8, 4) is 101 Å². The van der Waals surface area contributed by atoms with Crippen LogP contribution in [0.25, 0.3) is 165 Å². The predicted octanol–water partition coefficient (Wildman–Crippen LogP) is 22.4. The highest BCUT2D eigenvalue weighted by atomic mass is 14.8. The van der Waals surface area contributed by atoms with Crippen LogP contribution in [0.3, 0.4) is 0 Å². The molecule has 16 aromatic rings.